The van der Waals surface area contributed by atoms with Crippen LogP contribution in [0.15, 0.2) is 0 Å². The van der Waals surface area contributed by atoms with Crippen LogP contribution >= 0.6 is 0 Å². The molecule has 128 valence electrons. The second-order valence-corrected chi connectivity index (χ2v) is 5.66. The Morgan fingerprint density at radius 3 is 2.27 bits per heavy atom. The van der Waals surface area contributed by atoms with E-state index in [1.807, 2.05) is 0 Å². The first-order chi connectivity index (χ1) is 10.4. The third kappa shape index (κ3) is 2.65. The lowest BCUT2D eigenvalue weighted by Gasteiger charge is -2.43. The number of hydrogen-bond donors (Lipinski definition) is 6. The molecule has 22 heavy (non-hydrogen) atoms. The van der Waals surface area contributed by atoms with Gasteiger partial charge in [-0.25, -0.2) is 0 Å². The average Bonchev–Trinajstić information content (AvgIpc) is 2.96. The molecule has 0 aromatic heterocycles. The van der Waals surface area contributed by atoms with Crippen LogP contribution in [-0.4, -0.2) is 105 Å². The van der Waals surface area contributed by atoms with Gasteiger partial charge in [0.25, 0.3) is 0 Å². The van der Waals surface area contributed by atoms with Crippen LogP contribution in [0.5, 0.6) is 0 Å². The lowest BCUT2D eigenvalue weighted by Crippen LogP contribution is -2.62. The molecule has 10 unspecified atom stereocenters. The quantitative estimate of drug-likeness (QED) is 0.299. The van der Waals surface area contributed by atoms with Crippen molar-refractivity contribution >= 4 is 0 Å². The van der Waals surface area contributed by atoms with E-state index in [2.05, 4.69) is 0 Å². The number of fused-ring (bicyclic) bond motifs is 2. The standard InChI is InChI=1S/C12H20O10/c13-1-3-5(14)7(16)9(18)11(20-3)22-10-8(17)6(15)4-2-19-12(10)21-4/h3-18H,1-2H2. The molecule has 0 aliphatic carbocycles. The van der Waals surface area contributed by atoms with E-state index in [-0.39, 0.29) is 6.61 Å². The van der Waals surface area contributed by atoms with Crippen LogP contribution in [0.1, 0.15) is 0 Å². The maximum absolute atomic E-state index is 10.0. The number of rotatable bonds is 3. The largest absolute Gasteiger partial charge is 0.394 e. The van der Waals surface area contributed by atoms with Gasteiger partial charge in [0.05, 0.1) is 13.2 Å². The third-order valence-corrected chi connectivity index (χ3v) is 4.21. The molecule has 10 heteroatoms. The molecule has 3 fully saturated rings. The number of aliphatic hydroxyl groups excluding tert-OH is 6. The molecule has 0 amide bonds. The zero-order chi connectivity index (χ0) is 16.0. The molecule has 3 aliphatic heterocycles. The van der Waals surface area contributed by atoms with Crippen LogP contribution in [0, 0.1) is 0 Å². The van der Waals surface area contributed by atoms with E-state index in [0.29, 0.717) is 0 Å². The van der Waals surface area contributed by atoms with Gasteiger partial charge in [0.1, 0.15) is 48.8 Å². The Balaban J connectivity index is 1.71. The Kier molecular flexibility index (Phi) is 4.67. The number of ether oxygens (including phenoxy) is 4. The minimum absolute atomic E-state index is 0.0947. The number of hydrogen-bond acceptors (Lipinski definition) is 10. The Hall–Kier alpha value is -0.400. The van der Waals surface area contributed by atoms with E-state index in [1.165, 1.54) is 0 Å². The Labute approximate surface area is 125 Å². The van der Waals surface area contributed by atoms with Gasteiger partial charge >= 0.3 is 0 Å². The van der Waals surface area contributed by atoms with Gasteiger partial charge in [0.2, 0.25) is 0 Å². The van der Waals surface area contributed by atoms with Gasteiger partial charge in [-0.15, -0.1) is 0 Å². The third-order valence-electron chi connectivity index (χ3n) is 4.21. The summed E-state index contributed by atoms with van der Waals surface area (Å²) in [6, 6.07) is 0. The fraction of sp³-hybridized carbons (Fsp3) is 1.00. The highest BCUT2D eigenvalue weighted by Crippen LogP contribution is 2.32. The van der Waals surface area contributed by atoms with Crippen LogP contribution in [0.4, 0.5) is 0 Å². The molecule has 0 aromatic carbocycles. The highest BCUT2D eigenvalue weighted by atomic mass is 16.8. The van der Waals surface area contributed by atoms with E-state index in [9.17, 15) is 25.5 Å². The molecule has 3 rings (SSSR count). The van der Waals surface area contributed by atoms with Gasteiger partial charge < -0.3 is 49.6 Å². The van der Waals surface area contributed by atoms with Gasteiger partial charge in [0, 0.05) is 0 Å². The number of aliphatic hydroxyl groups is 6. The zero-order valence-electron chi connectivity index (χ0n) is 11.5. The van der Waals surface area contributed by atoms with Gasteiger partial charge in [-0.05, 0) is 0 Å². The molecule has 0 spiro atoms. The van der Waals surface area contributed by atoms with Crippen molar-refractivity contribution in [2.45, 2.75) is 61.4 Å². The zero-order valence-corrected chi connectivity index (χ0v) is 11.5. The van der Waals surface area contributed by atoms with Crippen molar-refractivity contribution < 1.29 is 49.6 Å². The molecule has 2 bridgehead atoms. The first-order valence-corrected chi connectivity index (χ1v) is 7.03. The van der Waals surface area contributed by atoms with Crippen LogP contribution in [0.25, 0.3) is 0 Å². The summed E-state index contributed by atoms with van der Waals surface area (Å²) in [6.45, 7) is -0.503. The molecule has 3 heterocycles. The SMILES string of the molecule is OCC1OC(OC2C3OCC(O3)C(O)C2O)C(O)C(O)C1O. The van der Waals surface area contributed by atoms with Crippen LogP contribution < -0.4 is 0 Å². The molecular weight excluding hydrogens is 304 g/mol. The van der Waals surface area contributed by atoms with Crippen molar-refractivity contribution in [2.24, 2.45) is 0 Å². The maximum Gasteiger partial charge on any atom is 0.187 e. The highest BCUT2D eigenvalue weighted by molar-refractivity contribution is 4.95. The lowest BCUT2D eigenvalue weighted by molar-refractivity contribution is -0.345. The summed E-state index contributed by atoms with van der Waals surface area (Å²) in [5.74, 6) is 0. The monoisotopic (exact) mass is 324 g/mol. The van der Waals surface area contributed by atoms with E-state index in [0.717, 1.165) is 0 Å². The summed E-state index contributed by atoms with van der Waals surface area (Å²) in [7, 11) is 0. The van der Waals surface area contributed by atoms with Crippen molar-refractivity contribution in [1.82, 2.24) is 0 Å². The average molecular weight is 324 g/mol. The lowest BCUT2D eigenvalue weighted by atomic mass is 9.98. The first kappa shape index (κ1) is 16.5. The van der Waals surface area contributed by atoms with Crippen LogP contribution in [-0.2, 0) is 18.9 Å². The van der Waals surface area contributed by atoms with Gasteiger partial charge in [0.15, 0.2) is 12.6 Å². The van der Waals surface area contributed by atoms with Crippen molar-refractivity contribution in [1.29, 1.82) is 0 Å². The summed E-state index contributed by atoms with van der Waals surface area (Å²) in [6.07, 6.45) is -12.6. The van der Waals surface area contributed by atoms with Crippen molar-refractivity contribution in [2.75, 3.05) is 13.2 Å². The summed E-state index contributed by atoms with van der Waals surface area (Å²) in [5.41, 5.74) is 0. The second-order valence-electron chi connectivity index (χ2n) is 5.66. The molecule has 6 N–H and O–H groups in total. The summed E-state index contributed by atoms with van der Waals surface area (Å²) in [5, 5.41) is 58.3. The second kappa shape index (κ2) is 6.24. The van der Waals surface area contributed by atoms with Crippen molar-refractivity contribution in [3.8, 4) is 0 Å². The smallest absolute Gasteiger partial charge is 0.187 e. The van der Waals surface area contributed by atoms with Crippen LogP contribution in [0.2, 0.25) is 0 Å². The predicted octanol–water partition coefficient (Wildman–Crippen LogP) is -4.35. The Morgan fingerprint density at radius 2 is 1.59 bits per heavy atom. The van der Waals surface area contributed by atoms with Crippen LogP contribution in [0.3, 0.4) is 0 Å². The van der Waals surface area contributed by atoms with Gasteiger partial charge in [-0.1, -0.05) is 0 Å². The topological polar surface area (TPSA) is 158 Å². The first-order valence-electron chi connectivity index (χ1n) is 7.03. The molecule has 10 nitrogen and oxygen atoms in total. The molecule has 3 aliphatic rings. The van der Waals surface area contributed by atoms with Gasteiger partial charge in [-0.3, -0.25) is 0 Å². The molecule has 0 aromatic rings. The fourth-order valence-electron chi connectivity index (χ4n) is 2.85. The van der Waals surface area contributed by atoms with E-state index < -0.39 is 68.0 Å². The van der Waals surface area contributed by atoms with Crippen molar-refractivity contribution in [3.63, 3.8) is 0 Å². The summed E-state index contributed by atoms with van der Waals surface area (Å²) < 4.78 is 21.1. The Bertz CT molecular complexity index is 392. The molecule has 10 atom stereocenters. The maximum atomic E-state index is 10.0. The highest BCUT2D eigenvalue weighted by Gasteiger charge is 2.53. The molecule has 0 radical (unpaired) electrons. The summed E-state index contributed by atoms with van der Waals surface area (Å²) in [4.78, 5) is 0. The van der Waals surface area contributed by atoms with E-state index >= 15 is 0 Å². The minimum Gasteiger partial charge on any atom is -0.394 e. The molecule has 3 saturated heterocycles. The minimum atomic E-state index is -1.61. The normalized spacial score (nSPS) is 55.4. The fourth-order valence-corrected chi connectivity index (χ4v) is 2.85. The Morgan fingerprint density at radius 1 is 0.864 bits per heavy atom. The van der Waals surface area contributed by atoms with E-state index in [1.54, 1.807) is 0 Å². The molecule has 0 saturated carbocycles. The van der Waals surface area contributed by atoms with Gasteiger partial charge in [-0.2, -0.15) is 0 Å². The van der Waals surface area contributed by atoms with Crippen molar-refractivity contribution in [3.05, 3.63) is 0 Å². The van der Waals surface area contributed by atoms with E-state index in [4.69, 9.17) is 24.1 Å². The predicted molar refractivity (Wildman–Crippen MR) is 65.3 cm³/mol. The molecular formula is C12H20O10. The summed E-state index contributed by atoms with van der Waals surface area (Å²) >= 11 is 0.